The molecule has 2 rings (SSSR count). The molecule has 0 saturated heterocycles. The van der Waals surface area contributed by atoms with Gasteiger partial charge in [0.25, 0.3) is 5.91 Å². The van der Waals surface area contributed by atoms with Crippen molar-refractivity contribution in [1.29, 1.82) is 0 Å². The lowest BCUT2D eigenvalue weighted by Crippen LogP contribution is -2.12. The van der Waals surface area contributed by atoms with Gasteiger partial charge in [-0.05, 0) is 25.1 Å². The molecule has 3 N–H and O–H groups in total. The lowest BCUT2D eigenvalue weighted by Gasteiger charge is -2.05. The Hall–Kier alpha value is -1.99. The van der Waals surface area contributed by atoms with Crippen molar-refractivity contribution in [2.75, 3.05) is 12.4 Å². The number of halogens is 1. The molecule has 0 saturated carbocycles. The average molecular weight is 295 g/mol. The van der Waals surface area contributed by atoms with Crippen molar-refractivity contribution >= 4 is 22.4 Å². The van der Waals surface area contributed by atoms with Crippen LogP contribution in [0, 0.1) is 5.82 Å². The molecule has 0 aliphatic heterocycles. The normalized spacial score (nSPS) is 12.0. The number of nitrogens with one attached hydrogen (secondary N) is 1. The van der Waals surface area contributed by atoms with Crippen LogP contribution in [0.3, 0.4) is 0 Å². The Morgan fingerprint density at radius 1 is 1.55 bits per heavy atom. The van der Waals surface area contributed by atoms with E-state index >= 15 is 0 Å². The van der Waals surface area contributed by atoms with Gasteiger partial charge in [-0.25, -0.2) is 9.37 Å². The molecule has 0 fully saturated rings. The van der Waals surface area contributed by atoms with E-state index in [2.05, 4.69) is 10.3 Å². The van der Waals surface area contributed by atoms with Gasteiger partial charge in [-0.2, -0.15) is 0 Å². The molecule has 1 unspecified atom stereocenters. The second-order valence-corrected chi connectivity index (χ2v) is 5.03. The van der Waals surface area contributed by atoms with Crippen molar-refractivity contribution in [3.05, 3.63) is 40.7 Å². The highest BCUT2D eigenvalue weighted by Crippen LogP contribution is 2.21. The number of nitrogens with zero attached hydrogens (tertiary/aromatic N) is 1. The first-order valence-corrected chi connectivity index (χ1v) is 6.75. The van der Waals surface area contributed by atoms with E-state index in [-0.39, 0.29) is 17.4 Å². The maximum atomic E-state index is 13.5. The summed E-state index contributed by atoms with van der Waals surface area (Å²) in [6.07, 6.45) is 0. The molecule has 106 valence electrons. The third-order valence-electron chi connectivity index (χ3n) is 2.62. The summed E-state index contributed by atoms with van der Waals surface area (Å²) in [7, 11) is 1.36. The van der Waals surface area contributed by atoms with Crippen LogP contribution in [0.25, 0.3) is 0 Å². The quantitative estimate of drug-likeness (QED) is 0.908. The minimum absolute atomic E-state index is 0.0926. The number of thiazole rings is 1. The summed E-state index contributed by atoms with van der Waals surface area (Å²) in [5.74, 6) is -0.928. The van der Waals surface area contributed by atoms with E-state index in [1.54, 1.807) is 12.3 Å². The Kier molecular flexibility index (Phi) is 4.31. The van der Waals surface area contributed by atoms with Gasteiger partial charge in [-0.3, -0.25) is 10.1 Å². The highest BCUT2D eigenvalue weighted by molar-refractivity contribution is 7.14. The van der Waals surface area contributed by atoms with Crippen LogP contribution in [-0.4, -0.2) is 18.0 Å². The zero-order chi connectivity index (χ0) is 14.7. The number of ether oxygens (including phenoxy) is 1. The fourth-order valence-corrected chi connectivity index (χ4v) is 2.34. The highest BCUT2D eigenvalue weighted by Gasteiger charge is 2.13. The number of carbonyl (C=O) groups excluding carboxylic acids is 1. The predicted molar refractivity (Wildman–Crippen MR) is 75.6 cm³/mol. The molecule has 1 atom stereocenters. The third kappa shape index (κ3) is 3.12. The summed E-state index contributed by atoms with van der Waals surface area (Å²) in [4.78, 5) is 16.1. The molecular weight excluding hydrogens is 281 g/mol. The molecular formula is C13H14FN3O2S. The minimum atomic E-state index is -0.587. The van der Waals surface area contributed by atoms with Crippen molar-refractivity contribution in [2.45, 2.75) is 13.0 Å². The molecule has 1 aromatic heterocycles. The molecule has 1 amide bonds. The zero-order valence-electron chi connectivity index (χ0n) is 11.0. The minimum Gasteiger partial charge on any atom is -0.494 e. The molecule has 1 heterocycles. The number of nitrogens with two attached hydrogens (primary N) is 1. The van der Waals surface area contributed by atoms with E-state index < -0.39 is 11.7 Å². The maximum absolute atomic E-state index is 13.5. The van der Waals surface area contributed by atoms with Crippen molar-refractivity contribution < 1.29 is 13.9 Å². The van der Waals surface area contributed by atoms with E-state index in [0.29, 0.717) is 10.8 Å². The topological polar surface area (TPSA) is 77.2 Å². The van der Waals surface area contributed by atoms with Gasteiger partial charge in [0.2, 0.25) is 0 Å². The van der Waals surface area contributed by atoms with Crippen molar-refractivity contribution in [3.63, 3.8) is 0 Å². The Balaban J connectivity index is 2.13. The van der Waals surface area contributed by atoms with Gasteiger partial charge in [0.05, 0.1) is 12.8 Å². The van der Waals surface area contributed by atoms with Crippen LogP contribution in [0.15, 0.2) is 23.6 Å². The van der Waals surface area contributed by atoms with Crippen LogP contribution >= 0.6 is 11.3 Å². The van der Waals surface area contributed by atoms with Crippen LogP contribution in [0.2, 0.25) is 0 Å². The molecule has 7 heteroatoms. The Labute approximate surface area is 119 Å². The van der Waals surface area contributed by atoms with Crippen LogP contribution in [0.5, 0.6) is 5.75 Å². The number of aromatic nitrogens is 1. The molecule has 1 aromatic carbocycles. The monoisotopic (exact) mass is 295 g/mol. The molecule has 2 aromatic rings. The number of anilines is 1. The summed E-state index contributed by atoms with van der Waals surface area (Å²) in [5, 5.41) is 4.81. The molecule has 0 aliphatic carbocycles. The first-order valence-electron chi connectivity index (χ1n) is 5.87. The van der Waals surface area contributed by atoms with Crippen LogP contribution in [-0.2, 0) is 0 Å². The first-order chi connectivity index (χ1) is 9.51. The summed E-state index contributed by atoms with van der Waals surface area (Å²) in [6.45, 7) is 1.81. The molecule has 5 nitrogen and oxygen atoms in total. The van der Waals surface area contributed by atoms with Gasteiger partial charge in [-0.15, -0.1) is 11.3 Å². The summed E-state index contributed by atoms with van der Waals surface area (Å²) in [6, 6.07) is 3.81. The first kappa shape index (κ1) is 14.4. The molecule has 0 spiro atoms. The fraction of sp³-hybridized carbons (Fsp3) is 0.231. The average Bonchev–Trinajstić information content (AvgIpc) is 2.87. The lowest BCUT2D eigenvalue weighted by molar-refractivity contribution is 0.102. The highest BCUT2D eigenvalue weighted by atomic mass is 32.1. The standard InChI is InChI=1S/C13H14FN3O2S/c1-7(15)10-6-20-13(16-10)17-12(18)8-3-4-11(19-2)9(14)5-8/h3-7H,15H2,1-2H3,(H,16,17,18). The Morgan fingerprint density at radius 3 is 2.85 bits per heavy atom. The second kappa shape index (κ2) is 5.98. The number of hydrogen-bond donors (Lipinski definition) is 2. The maximum Gasteiger partial charge on any atom is 0.257 e. The zero-order valence-corrected chi connectivity index (χ0v) is 11.8. The van der Waals surface area contributed by atoms with Crippen LogP contribution in [0.4, 0.5) is 9.52 Å². The Bertz CT molecular complexity index is 628. The predicted octanol–water partition coefficient (Wildman–Crippen LogP) is 2.56. The summed E-state index contributed by atoms with van der Waals surface area (Å²) < 4.78 is 18.3. The summed E-state index contributed by atoms with van der Waals surface area (Å²) in [5.41, 5.74) is 6.58. The van der Waals surface area contributed by atoms with Crippen molar-refractivity contribution in [1.82, 2.24) is 4.98 Å². The summed E-state index contributed by atoms with van der Waals surface area (Å²) >= 11 is 1.27. The number of carbonyl (C=O) groups is 1. The van der Waals surface area contributed by atoms with Gasteiger partial charge in [0.1, 0.15) is 0 Å². The van der Waals surface area contributed by atoms with E-state index in [9.17, 15) is 9.18 Å². The number of benzene rings is 1. The number of hydrogen-bond acceptors (Lipinski definition) is 5. The SMILES string of the molecule is COc1ccc(C(=O)Nc2nc(C(C)N)cs2)cc1F. The smallest absolute Gasteiger partial charge is 0.257 e. The van der Waals surface area contributed by atoms with Crippen molar-refractivity contribution in [3.8, 4) is 5.75 Å². The number of rotatable bonds is 4. The van der Waals surface area contributed by atoms with Gasteiger partial charge < -0.3 is 10.5 Å². The molecule has 0 radical (unpaired) electrons. The van der Waals surface area contributed by atoms with Crippen LogP contribution in [0.1, 0.15) is 29.0 Å². The van der Waals surface area contributed by atoms with Crippen molar-refractivity contribution in [2.24, 2.45) is 5.73 Å². The number of amides is 1. The lowest BCUT2D eigenvalue weighted by atomic mass is 10.2. The molecule has 0 aliphatic rings. The molecule has 20 heavy (non-hydrogen) atoms. The van der Waals surface area contributed by atoms with E-state index in [1.807, 2.05) is 0 Å². The van der Waals surface area contributed by atoms with Crippen LogP contribution < -0.4 is 15.8 Å². The fourth-order valence-electron chi connectivity index (χ4n) is 1.53. The number of methoxy groups -OCH3 is 1. The van der Waals surface area contributed by atoms with Gasteiger partial charge in [-0.1, -0.05) is 0 Å². The van der Waals surface area contributed by atoms with E-state index in [4.69, 9.17) is 10.5 Å². The van der Waals surface area contributed by atoms with E-state index in [0.717, 1.165) is 6.07 Å². The molecule has 0 bridgehead atoms. The van der Waals surface area contributed by atoms with Gasteiger partial charge in [0.15, 0.2) is 16.7 Å². The Morgan fingerprint density at radius 2 is 2.30 bits per heavy atom. The second-order valence-electron chi connectivity index (χ2n) is 4.17. The third-order valence-corrected chi connectivity index (χ3v) is 3.40. The van der Waals surface area contributed by atoms with Gasteiger partial charge in [0, 0.05) is 17.0 Å². The van der Waals surface area contributed by atoms with E-state index in [1.165, 1.54) is 30.6 Å². The van der Waals surface area contributed by atoms with Gasteiger partial charge >= 0.3 is 0 Å². The largest absolute Gasteiger partial charge is 0.494 e.